The Morgan fingerprint density at radius 2 is 1.74 bits per heavy atom. The molecule has 0 bridgehead atoms. The molecule has 1 amide bonds. The van der Waals surface area contributed by atoms with E-state index >= 15 is 0 Å². The number of amides is 1. The highest BCUT2D eigenvalue weighted by Crippen LogP contribution is 2.31. The summed E-state index contributed by atoms with van der Waals surface area (Å²) in [4.78, 5) is 17.9. The Kier molecular flexibility index (Phi) is 13.6. The molecule has 50 heavy (non-hydrogen) atoms. The summed E-state index contributed by atoms with van der Waals surface area (Å²) in [6, 6.07) is 14.7. The van der Waals surface area contributed by atoms with Crippen LogP contribution in [0.1, 0.15) is 61.5 Å². The van der Waals surface area contributed by atoms with Gasteiger partial charge in [0.15, 0.2) is 0 Å². The number of rotatable bonds is 9. The van der Waals surface area contributed by atoms with Crippen molar-refractivity contribution in [2.45, 2.75) is 75.9 Å². The molecular formula is C36H45ClF3N3O6S. The number of benzene rings is 3. The number of anilines is 1. The number of fused-ring (bicyclic) bond motifs is 1. The Bertz CT molecular complexity index is 1680. The maximum atomic E-state index is 14.4. The number of carbonyl (C=O) groups is 1. The average molecular weight is 740 g/mol. The monoisotopic (exact) mass is 739 g/mol. The summed E-state index contributed by atoms with van der Waals surface area (Å²) in [5.74, 6) is -0.399. The fraction of sp³-hybridized carbons (Fsp3) is 0.472. The molecule has 0 unspecified atom stereocenters. The van der Waals surface area contributed by atoms with Crippen molar-refractivity contribution in [3.05, 3.63) is 88.4 Å². The summed E-state index contributed by atoms with van der Waals surface area (Å²) in [6.07, 6.45) is -2.82. The number of aliphatic hydroxyl groups is 1. The third kappa shape index (κ3) is 10.8. The second-order valence-corrected chi connectivity index (χ2v) is 15.1. The van der Waals surface area contributed by atoms with Gasteiger partial charge in [-0.15, -0.1) is 0 Å². The van der Waals surface area contributed by atoms with E-state index in [0.717, 1.165) is 25.0 Å². The Hall–Kier alpha value is -3.36. The van der Waals surface area contributed by atoms with Gasteiger partial charge in [0, 0.05) is 42.9 Å². The Morgan fingerprint density at radius 3 is 2.38 bits per heavy atom. The topological polar surface area (TPSA) is 108 Å². The lowest BCUT2D eigenvalue weighted by molar-refractivity contribution is -0.137. The number of halogens is 4. The van der Waals surface area contributed by atoms with Crippen LogP contribution in [0, 0.1) is 5.92 Å². The summed E-state index contributed by atoms with van der Waals surface area (Å²) >= 11 is 5.94. The van der Waals surface area contributed by atoms with E-state index in [2.05, 4.69) is 4.72 Å². The van der Waals surface area contributed by atoms with Gasteiger partial charge in [-0.3, -0.25) is 14.4 Å². The zero-order valence-corrected chi connectivity index (χ0v) is 30.2. The zero-order valence-electron chi connectivity index (χ0n) is 28.6. The minimum Gasteiger partial charge on any atom is -0.490 e. The van der Waals surface area contributed by atoms with Crippen LogP contribution in [0.3, 0.4) is 0 Å². The quantitative estimate of drug-likeness (QED) is 0.241. The molecule has 4 atom stereocenters. The molecule has 0 fully saturated rings. The minimum atomic E-state index is -4.41. The smallest absolute Gasteiger partial charge is 0.416 e. The van der Waals surface area contributed by atoms with E-state index in [1.807, 2.05) is 25.8 Å². The van der Waals surface area contributed by atoms with Gasteiger partial charge in [0.1, 0.15) is 5.75 Å². The number of hydrogen-bond acceptors (Lipinski definition) is 7. The molecule has 9 nitrogen and oxygen atoms in total. The van der Waals surface area contributed by atoms with Gasteiger partial charge < -0.3 is 19.5 Å². The molecule has 3 aromatic carbocycles. The van der Waals surface area contributed by atoms with Crippen LogP contribution in [0.2, 0.25) is 5.02 Å². The summed E-state index contributed by atoms with van der Waals surface area (Å²) < 4.78 is 80.7. The molecule has 0 saturated carbocycles. The van der Waals surface area contributed by atoms with E-state index in [-0.39, 0.29) is 47.4 Å². The fourth-order valence-electron chi connectivity index (χ4n) is 5.76. The summed E-state index contributed by atoms with van der Waals surface area (Å²) in [7, 11) is -2.15. The van der Waals surface area contributed by atoms with E-state index < -0.39 is 33.7 Å². The number of aliphatic hydroxyl groups excluding tert-OH is 1. The van der Waals surface area contributed by atoms with Gasteiger partial charge in [-0.1, -0.05) is 30.7 Å². The first-order chi connectivity index (χ1) is 23.6. The van der Waals surface area contributed by atoms with E-state index in [9.17, 15) is 31.5 Å². The van der Waals surface area contributed by atoms with Crippen LogP contribution >= 0.6 is 11.6 Å². The van der Waals surface area contributed by atoms with Gasteiger partial charge in [0.2, 0.25) is 0 Å². The van der Waals surface area contributed by atoms with Crippen molar-refractivity contribution in [1.29, 1.82) is 0 Å². The molecule has 0 spiro atoms. The number of carbonyl (C=O) groups excluding carboxylic acids is 1. The molecule has 0 aliphatic carbocycles. The minimum absolute atomic E-state index is 0.00290. The van der Waals surface area contributed by atoms with Crippen molar-refractivity contribution in [1.82, 2.24) is 9.80 Å². The molecular weight excluding hydrogens is 695 g/mol. The second-order valence-electron chi connectivity index (χ2n) is 13.0. The first-order valence-electron chi connectivity index (χ1n) is 16.5. The second kappa shape index (κ2) is 17.2. The Labute approximate surface area is 297 Å². The van der Waals surface area contributed by atoms with Crippen LogP contribution in [0.15, 0.2) is 71.6 Å². The highest BCUT2D eigenvalue weighted by atomic mass is 35.5. The molecule has 274 valence electrons. The van der Waals surface area contributed by atoms with Crippen LogP contribution in [-0.2, 0) is 27.5 Å². The van der Waals surface area contributed by atoms with Crippen LogP contribution in [0.5, 0.6) is 5.75 Å². The van der Waals surface area contributed by atoms with Gasteiger partial charge in [0.05, 0.1) is 40.9 Å². The van der Waals surface area contributed by atoms with Crippen molar-refractivity contribution in [2.75, 3.05) is 38.1 Å². The van der Waals surface area contributed by atoms with Gasteiger partial charge in [-0.25, -0.2) is 8.42 Å². The number of ether oxygens (including phenoxy) is 2. The van der Waals surface area contributed by atoms with E-state index in [1.165, 1.54) is 53.4 Å². The lowest BCUT2D eigenvalue weighted by Crippen LogP contribution is -2.47. The molecule has 0 aromatic heterocycles. The first kappa shape index (κ1) is 39.4. The lowest BCUT2D eigenvalue weighted by atomic mass is 10.0. The molecule has 0 saturated heterocycles. The standard InChI is InChI=1S/C36H45ClF3N3O6S/c1-24-20-43(25(2)23-44)35(45)32-19-30(41-50(46,47)31-15-12-29(37)13-16-31)14-17-33(32)49-26(3)7-5-6-18-48-34(24)22-42(4)21-27-8-10-28(11-9-27)36(38,39)40/h8-17,19,24-26,34,41,44H,5-7,18,20-23H2,1-4H3/t24-,25+,26+,34-/m1/s1. The SMILES string of the molecule is C[C@@H]1CN([C@@H](C)CO)C(=O)c2cc(NS(=O)(=O)c3ccc(Cl)cc3)ccc2O[C@@H](C)CCCCO[C@@H]1CN(C)Cc1ccc(C(F)(F)F)cc1. The molecule has 1 heterocycles. The number of likely N-dealkylation sites (N-methyl/N-ethyl adjacent to an activating group) is 1. The maximum absolute atomic E-state index is 14.4. The lowest BCUT2D eigenvalue weighted by Gasteiger charge is -2.36. The number of nitrogens with one attached hydrogen (secondary N) is 1. The largest absolute Gasteiger partial charge is 0.490 e. The van der Waals surface area contributed by atoms with Crippen molar-refractivity contribution >= 4 is 33.2 Å². The summed E-state index contributed by atoms with van der Waals surface area (Å²) in [5, 5.41) is 10.6. The van der Waals surface area contributed by atoms with E-state index in [0.29, 0.717) is 42.5 Å². The van der Waals surface area contributed by atoms with Crippen LogP contribution in [0.25, 0.3) is 0 Å². The van der Waals surface area contributed by atoms with E-state index in [1.54, 1.807) is 13.0 Å². The van der Waals surface area contributed by atoms with Gasteiger partial charge >= 0.3 is 6.18 Å². The molecule has 1 aliphatic heterocycles. The molecule has 1 aliphatic rings. The number of alkyl halides is 3. The van der Waals surface area contributed by atoms with Crippen LogP contribution in [-0.4, -0.2) is 80.8 Å². The normalized spacial score (nSPS) is 20.5. The highest BCUT2D eigenvalue weighted by molar-refractivity contribution is 7.92. The Morgan fingerprint density at radius 1 is 1.06 bits per heavy atom. The average Bonchev–Trinajstić information content (AvgIpc) is 3.06. The fourth-order valence-corrected chi connectivity index (χ4v) is 6.93. The molecule has 0 radical (unpaired) electrons. The van der Waals surface area contributed by atoms with Crippen molar-refractivity contribution in [3.8, 4) is 5.75 Å². The van der Waals surface area contributed by atoms with Crippen LogP contribution in [0.4, 0.5) is 18.9 Å². The van der Waals surface area contributed by atoms with Gasteiger partial charge in [0.25, 0.3) is 15.9 Å². The highest BCUT2D eigenvalue weighted by Gasteiger charge is 2.32. The Balaban J connectivity index is 1.61. The van der Waals surface area contributed by atoms with Crippen molar-refractivity contribution < 1.29 is 41.0 Å². The van der Waals surface area contributed by atoms with E-state index in [4.69, 9.17) is 21.1 Å². The zero-order chi connectivity index (χ0) is 36.6. The van der Waals surface area contributed by atoms with Crippen LogP contribution < -0.4 is 9.46 Å². The summed E-state index contributed by atoms with van der Waals surface area (Å²) in [6.45, 7) is 6.71. The number of hydrogen-bond donors (Lipinski definition) is 2. The molecule has 14 heteroatoms. The summed E-state index contributed by atoms with van der Waals surface area (Å²) in [5.41, 5.74) is 0.296. The van der Waals surface area contributed by atoms with Gasteiger partial charge in [-0.05, 0) is 100 Å². The van der Waals surface area contributed by atoms with Crippen molar-refractivity contribution in [2.24, 2.45) is 5.92 Å². The molecule has 4 rings (SSSR count). The third-order valence-electron chi connectivity index (χ3n) is 8.65. The number of nitrogens with zero attached hydrogens (tertiary/aromatic N) is 2. The van der Waals surface area contributed by atoms with Crippen molar-refractivity contribution in [3.63, 3.8) is 0 Å². The predicted octanol–water partition coefficient (Wildman–Crippen LogP) is 7.09. The molecule has 2 N–H and O–H groups in total. The third-order valence-corrected chi connectivity index (χ3v) is 10.3. The number of sulfonamides is 1. The van der Waals surface area contributed by atoms with Gasteiger partial charge in [-0.2, -0.15) is 13.2 Å². The first-order valence-corrected chi connectivity index (χ1v) is 18.4. The molecule has 3 aromatic rings. The predicted molar refractivity (Wildman–Crippen MR) is 187 cm³/mol. The maximum Gasteiger partial charge on any atom is 0.416 e.